The number of aryl methyl sites for hydroxylation is 1. The molecule has 3 rings (SSSR count). The van der Waals surface area contributed by atoms with Crippen LogP contribution in [0.2, 0.25) is 0 Å². The van der Waals surface area contributed by atoms with Crippen LogP contribution in [0, 0.1) is 0 Å². The van der Waals surface area contributed by atoms with E-state index >= 15 is 0 Å². The number of aromatic nitrogens is 2. The fraction of sp³-hybridized carbons (Fsp3) is 0.412. The highest BCUT2D eigenvalue weighted by atomic mass is 16.5. The molecule has 1 aromatic carbocycles. The summed E-state index contributed by atoms with van der Waals surface area (Å²) in [6, 6.07) is 7.47. The zero-order chi connectivity index (χ0) is 16.2. The van der Waals surface area contributed by atoms with E-state index in [0.717, 1.165) is 36.5 Å². The minimum atomic E-state index is -0.725. The lowest BCUT2D eigenvalue weighted by molar-refractivity contribution is -0.142. The van der Waals surface area contributed by atoms with Gasteiger partial charge in [-0.25, -0.2) is 4.98 Å². The van der Waals surface area contributed by atoms with Crippen molar-refractivity contribution in [3.63, 3.8) is 0 Å². The minimum Gasteiger partial charge on any atom is -0.486 e. The first-order chi connectivity index (χ1) is 11.1. The summed E-state index contributed by atoms with van der Waals surface area (Å²) in [5, 5.41) is 9.22. The zero-order valence-electron chi connectivity index (χ0n) is 13.2. The van der Waals surface area contributed by atoms with Gasteiger partial charge in [-0.3, -0.25) is 9.69 Å². The van der Waals surface area contributed by atoms with Crippen LogP contribution in [0.1, 0.15) is 24.2 Å². The Kier molecular flexibility index (Phi) is 4.62. The maximum absolute atomic E-state index is 11.2. The number of likely N-dealkylation sites (tertiary alicyclic amines) is 1. The van der Waals surface area contributed by atoms with E-state index in [-0.39, 0.29) is 6.04 Å². The van der Waals surface area contributed by atoms with Crippen LogP contribution in [-0.2, 0) is 25.0 Å². The Balaban J connectivity index is 1.57. The van der Waals surface area contributed by atoms with E-state index in [1.54, 1.807) is 6.20 Å². The number of hydrogen-bond acceptors (Lipinski definition) is 4. The topological polar surface area (TPSA) is 67.6 Å². The summed E-state index contributed by atoms with van der Waals surface area (Å²) in [4.78, 5) is 17.4. The van der Waals surface area contributed by atoms with Crippen LogP contribution >= 0.6 is 0 Å². The molecule has 1 unspecified atom stereocenters. The number of rotatable bonds is 6. The van der Waals surface area contributed by atoms with Crippen LogP contribution in [0.25, 0.3) is 0 Å². The summed E-state index contributed by atoms with van der Waals surface area (Å²) in [6.45, 7) is 1.93. The second-order valence-corrected chi connectivity index (χ2v) is 5.85. The molecule has 1 N–H and O–H groups in total. The summed E-state index contributed by atoms with van der Waals surface area (Å²) in [6.07, 6.45) is 5.31. The molecular formula is C17H21N3O3. The molecule has 0 radical (unpaired) electrons. The van der Waals surface area contributed by atoms with Crippen molar-refractivity contribution in [2.24, 2.45) is 7.05 Å². The van der Waals surface area contributed by atoms with Crippen LogP contribution in [-0.4, -0.2) is 38.1 Å². The van der Waals surface area contributed by atoms with Crippen LogP contribution in [0.4, 0.5) is 0 Å². The van der Waals surface area contributed by atoms with Crippen molar-refractivity contribution in [2.75, 3.05) is 6.54 Å². The van der Waals surface area contributed by atoms with Crippen molar-refractivity contribution in [1.82, 2.24) is 14.5 Å². The molecule has 6 nitrogen and oxygen atoms in total. The van der Waals surface area contributed by atoms with Gasteiger partial charge in [-0.1, -0.05) is 12.1 Å². The third-order valence-electron chi connectivity index (χ3n) is 4.25. The molecule has 23 heavy (non-hydrogen) atoms. The largest absolute Gasteiger partial charge is 0.486 e. The van der Waals surface area contributed by atoms with Crippen LogP contribution in [0.15, 0.2) is 36.7 Å². The number of carbonyl (C=O) groups is 1. The number of ether oxygens (including phenoxy) is 1. The van der Waals surface area contributed by atoms with Crippen LogP contribution in [0.3, 0.4) is 0 Å². The summed E-state index contributed by atoms with van der Waals surface area (Å²) in [5.41, 5.74) is 1.10. The number of benzene rings is 1. The van der Waals surface area contributed by atoms with Crippen molar-refractivity contribution >= 4 is 5.97 Å². The summed E-state index contributed by atoms with van der Waals surface area (Å²) in [7, 11) is 1.93. The molecular weight excluding hydrogens is 294 g/mol. The lowest BCUT2D eigenvalue weighted by Crippen LogP contribution is -2.35. The quantitative estimate of drug-likeness (QED) is 0.883. The first kappa shape index (κ1) is 15.6. The fourth-order valence-electron chi connectivity index (χ4n) is 2.90. The Labute approximate surface area is 135 Å². The van der Waals surface area contributed by atoms with E-state index in [2.05, 4.69) is 4.98 Å². The maximum atomic E-state index is 11.2. The SMILES string of the molecule is Cn1ccnc1COc1ccc(CN2CCCC2C(=O)O)cc1. The Morgan fingerprint density at radius 1 is 1.39 bits per heavy atom. The lowest BCUT2D eigenvalue weighted by atomic mass is 10.2. The first-order valence-electron chi connectivity index (χ1n) is 7.78. The van der Waals surface area contributed by atoms with Crippen LogP contribution in [0.5, 0.6) is 5.75 Å². The Morgan fingerprint density at radius 2 is 2.17 bits per heavy atom. The molecule has 0 saturated carbocycles. The van der Waals surface area contributed by atoms with Gasteiger partial charge in [0.2, 0.25) is 0 Å². The van der Waals surface area contributed by atoms with E-state index in [4.69, 9.17) is 4.74 Å². The lowest BCUT2D eigenvalue weighted by Gasteiger charge is -2.21. The highest BCUT2D eigenvalue weighted by Gasteiger charge is 2.30. The van der Waals surface area contributed by atoms with Gasteiger partial charge in [-0.2, -0.15) is 0 Å². The van der Waals surface area contributed by atoms with E-state index in [9.17, 15) is 9.90 Å². The van der Waals surface area contributed by atoms with Gasteiger partial charge in [-0.15, -0.1) is 0 Å². The highest BCUT2D eigenvalue weighted by Crippen LogP contribution is 2.21. The number of aliphatic carboxylic acids is 1. The average molecular weight is 315 g/mol. The van der Waals surface area contributed by atoms with Crippen molar-refractivity contribution in [2.45, 2.75) is 32.0 Å². The molecule has 0 spiro atoms. The van der Waals surface area contributed by atoms with E-state index < -0.39 is 5.97 Å². The summed E-state index contributed by atoms with van der Waals surface area (Å²) >= 11 is 0. The predicted octanol–water partition coefficient (Wildman–Crippen LogP) is 2.05. The Hall–Kier alpha value is -2.34. The minimum absolute atomic E-state index is 0.352. The van der Waals surface area contributed by atoms with Gasteiger partial charge in [0.05, 0.1) is 0 Å². The second kappa shape index (κ2) is 6.83. The average Bonchev–Trinajstić information content (AvgIpc) is 3.16. The number of imidazole rings is 1. The number of carboxylic acids is 1. The van der Waals surface area contributed by atoms with E-state index in [1.165, 1.54) is 0 Å². The molecule has 2 aromatic rings. The maximum Gasteiger partial charge on any atom is 0.320 e. The standard InChI is InChI=1S/C17H21N3O3/c1-19-10-8-18-16(19)12-23-14-6-4-13(5-7-14)11-20-9-2-3-15(20)17(21)22/h4-8,10,15H,2-3,9,11-12H2,1H3,(H,21,22). The van der Waals surface area contributed by atoms with Crippen molar-refractivity contribution in [3.05, 3.63) is 48.0 Å². The molecule has 2 heterocycles. The second-order valence-electron chi connectivity index (χ2n) is 5.85. The van der Waals surface area contributed by atoms with Gasteiger partial charge in [0.1, 0.15) is 24.2 Å². The third kappa shape index (κ3) is 3.71. The van der Waals surface area contributed by atoms with E-state index in [1.807, 2.05) is 47.0 Å². The number of hydrogen-bond donors (Lipinski definition) is 1. The molecule has 0 aliphatic carbocycles. The van der Waals surface area contributed by atoms with Gasteiger partial charge in [0, 0.05) is 26.0 Å². The van der Waals surface area contributed by atoms with Crippen LogP contribution < -0.4 is 4.74 Å². The molecule has 1 aliphatic rings. The van der Waals surface area contributed by atoms with Gasteiger partial charge in [-0.05, 0) is 37.1 Å². The van der Waals surface area contributed by atoms with Gasteiger partial charge in [0.25, 0.3) is 0 Å². The Morgan fingerprint density at radius 3 is 2.83 bits per heavy atom. The summed E-state index contributed by atoms with van der Waals surface area (Å²) < 4.78 is 7.65. The van der Waals surface area contributed by atoms with Crippen molar-refractivity contribution in [1.29, 1.82) is 0 Å². The number of carboxylic acid groups (broad SMARTS) is 1. The monoisotopic (exact) mass is 315 g/mol. The fourth-order valence-corrected chi connectivity index (χ4v) is 2.90. The summed E-state index contributed by atoms with van der Waals surface area (Å²) in [5.74, 6) is 0.931. The molecule has 1 aliphatic heterocycles. The molecule has 0 amide bonds. The van der Waals surface area contributed by atoms with Gasteiger partial charge < -0.3 is 14.4 Å². The molecule has 0 bridgehead atoms. The van der Waals surface area contributed by atoms with Gasteiger partial charge in [0.15, 0.2) is 0 Å². The molecule has 1 saturated heterocycles. The predicted molar refractivity (Wildman–Crippen MR) is 85.0 cm³/mol. The van der Waals surface area contributed by atoms with Crippen molar-refractivity contribution in [3.8, 4) is 5.75 Å². The zero-order valence-corrected chi connectivity index (χ0v) is 13.2. The van der Waals surface area contributed by atoms with Crippen molar-refractivity contribution < 1.29 is 14.6 Å². The smallest absolute Gasteiger partial charge is 0.320 e. The normalized spacial score (nSPS) is 18.2. The number of nitrogens with zero attached hydrogens (tertiary/aromatic N) is 3. The highest BCUT2D eigenvalue weighted by molar-refractivity contribution is 5.73. The molecule has 122 valence electrons. The third-order valence-corrected chi connectivity index (χ3v) is 4.25. The Bertz CT molecular complexity index is 666. The molecule has 1 fully saturated rings. The van der Waals surface area contributed by atoms with E-state index in [0.29, 0.717) is 13.2 Å². The molecule has 1 atom stereocenters. The molecule has 6 heteroatoms. The first-order valence-corrected chi connectivity index (χ1v) is 7.78. The van der Waals surface area contributed by atoms with Gasteiger partial charge >= 0.3 is 5.97 Å². The molecule has 1 aromatic heterocycles.